The Morgan fingerprint density at radius 3 is 2.79 bits per heavy atom. The second-order valence-electron chi connectivity index (χ2n) is 5.92. The highest BCUT2D eigenvalue weighted by Gasteiger charge is 2.28. The highest BCUT2D eigenvalue weighted by molar-refractivity contribution is 5.95. The van der Waals surface area contributed by atoms with Gasteiger partial charge in [-0.05, 0) is 37.5 Å². The van der Waals surface area contributed by atoms with E-state index in [-0.39, 0.29) is 17.2 Å². The van der Waals surface area contributed by atoms with Crippen LogP contribution in [0.3, 0.4) is 0 Å². The molecule has 0 saturated carbocycles. The molecule has 1 aliphatic rings. The van der Waals surface area contributed by atoms with E-state index < -0.39 is 23.6 Å². The first-order chi connectivity index (χ1) is 11.4. The summed E-state index contributed by atoms with van der Waals surface area (Å²) in [6.45, 7) is 2.86. The highest BCUT2D eigenvalue weighted by atomic mass is 19.1. The van der Waals surface area contributed by atoms with Crippen molar-refractivity contribution in [2.45, 2.75) is 32.6 Å². The molecule has 1 aromatic carbocycles. The van der Waals surface area contributed by atoms with Gasteiger partial charge in [-0.15, -0.1) is 0 Å². The molecule has 0 radical (unpaired) electrons. The number of piperidine rings is 1. The molecule has 1 heterocycles. The second kappa shape index (κ2) is 7.90. The van der Waals surface area contributed by atoms with Crippen LogP contribution in [0.25, 0.3) is 0 Å². The van der Waals surface area contributed by atoms with Crippen molar-refractivity contribution < 1.29 is 23.9 Å². The number of aromatic carboxylic acids is 1. The van der Waals surface area contributed by atoms with E-state index in [1.54, 1.807) is 4.90 Å². The van der Waals surface area contributed by atoms with Gasteiger partial charge in [-0.25, -0.2) is 9.18 Å². The predicted molar refractivity (Wildman–Crippen MR) is 86.2 cm³/mol. The fraction of sp³-hybridized carbons (Fsp3) is 0.471. The average Bonchev–Trinajstić information content (AvgIpc) is 2.57. The molecule has 0 bridgehead atoms. The van der Waals surface area contributed by atoms with Gasteiger partial charge >= 0.3 is 5.97 Å². The van der Waals surface area contributed by atoms with Gasteiger partial charge in [0.25, 0.3) is 0 Å². The average molecular weight is 336 g/mol. The lowest BCUT2D eigenvalue weighted by Crippen LogP contribution is -2.43. The summed E-state index contributed by atoms with van der Waals surface area (Å²) >= 11 is 0. The molecular formula is C17H21FN2O4. The number of hydrogen-bond acceptors (Lipinski definition) is 3. The first-order valence-electron chi connectivity index (χ1n) is 8.03. The largest absolute Gasteiger partial charge is 0.478 e. The number of likely N-dealkylation sites (tertiary alicyclic amines) is 1. The number of carbonyl (C=O) groups is 3. The Bertz CT molecular complexity index is 647. The number of rotatable bonds is 5. The lowest BCUT2D eigenvalue weighted by atomic mass is 9.96. The van der Waals surface area contributed by atoms with E-state index in [9.17, 15) is 18.8 Å². The van der Waals surface area contributed by atoms with Gasteiger partial charge in [0.1, 0.15) is 5.82 Å². The quantitative estimate of drug-likeness (QED) is 0.865. The number of hydrogen-bond donors (Lipinski definition) is 2. The van der Waals surface area contributed by atoms with Gasteiger partial charge in [0.05, 0.1) is 17.2 Å². The smallest absolute Gasteiger partial charge is 0.335 e. The van der Waals surface area contributed by atoms with Gasteiger partial charge < -0.3 is 15.3 Å². The fourth-order valence-electron chi connectivity index (χ4n) is 2.78. The van der Waals surface area contributed by atoms with Crippen molar-refractivity contribution in [2.75, 3.05) is 18.4 Å². The minimum atomic E-state index is -1.19. The number of carboxylic acid groups (broad SMARTS) is 1. The Morgan fingerprint density at radius 1 is 1.38 bits per heavy atom. The Morgan fingerprint density at radius 2 is 2.12 bits per heavy atom. The molecule has 1 atom stereocenters. The summed E-state index contributed by atoms with van der Waals surface area (Å²) in [6, 6.07) is 3.24. The van der Waals surface area contributed by atoms with Gasteiger partial charge in [-0.1, -0.05) is 6.92 Å². The lowest BCUT2D eigenvalue weighted by molar-refractivity contribution is -0.134. The number of benzene rings is 1. The zero-order chi connectivity index (χ0) is 17.7. The maximum Gasteiger partial charge on any atom is 0.335 e. The maximum atomic E-state index is 13.8. The SMILES string of the molecule is CCCC(=O)N1CCCC(C(=O)Nc2cc(C(=O)O)ccc2F)C1. The van der Waals surface area contributed by atoms with Crippen LogP contribution < -0.4 is 5.32 Å². The molecule has 0 aliphatic carbocycles. The van der Waals surface area contributed by atoms with E-state index in [0.29, 0.717) is 32.4 Å². The molecule has 1 fully saturated rings. The van der Waals surface area contributed by atoms with Crippen LogP contribution in [-0.2, 0) is 9.59 Å². The van der Waals surface area contributed by atoms with E-state index in [1.165, 1.54) is 0 Å². The summed E-state index contributed by atoms with van der Waals surface area (Å²) in [5.74, 6) is -2.69. The highest BCUT2D eigenvalue weighted by Crippen LogP contribution is 2.22. The molecule has 2 rings (SSSR count). The van der Waals surface area contributed by atoms with Crippen molar-refractivity contribution in [1.82, 2.24) is 4.90 Å². The summed E-state index contributed by atoms with van der Waals surface area (Å²) in [5.41, 5.74) is -0.257. The minimum Gasteiger partial charge on any atom is -0.478 e. The molecular weight excluding hydrogens is 315 g/mol. The monoisotopic (exact) mass is 336 g/mol. The summed E-state index contributed by atoms with van der Waals surface area (Å²) in [5, 5.41) is 11.4. The van der Waals surface area contributed by atoms with Crippen molar-refractivity contribution in [3.05, 3.63) is 29.6 Å². The zero-order valence-corrected chi connectivity index (χ0v) is 13.5. The molecule has 1 aliphatic heterocycles. The number of anilines is 1. The third-order valence-corrected chi connectivity index (χ3v) is 4.08. The van der Waals surface area contributed by atoms with Crippen LogP contribution in [-0.4, -0.2) is 40.9 Å². The molecule has 1 unspecified atom stereocenters. The van der Waals surface area contributed by atoms with Crippen molar-refractivity contribution in [2.24, 2.45) is 5.92 Å². The standard InChI is InChI=1S/C17H21FN2O4/c1-2-4-15(21)20-8-3-5-12(10-20)16(22)19-14-9-11(17(23)24)6-7-13(14)18/h6-7,9,12H,2-5,8,10H2,1H3,(H,19,22)(H,23,24). The Kier molecular flexibility index (Phi) is 5.89. The third-order valence-electron chi connectivity index (χ3n) is 4.08. The topological polar surface area (TPSA) is 86.7 Å². The molecule has 2 amide bonds. The van der Waals surface area contributed by atoms with Crippen LogP contribution >= 0.6 is 0 Å². The molecule has 2 N–H and O–H groups in total. The van der Waals surface area contributed by atoms with Crippen LogP contribution in [0.1, 0.15) is 43.0 Å². The molecule has 7 heteroatoms. The van der Waals surface area contributed by atoms with Crippen molar-refractivity contribution >= 4 is 23.5 Å². The van der Waals surface area contributed by atoms with Gasteiger partial charge in [0.15, 0.2) is 0 Å². The number of nitrogens with zero attached hydrogens (tertiary/aromatic N) is 1. The maximum absolute atomic E-state index is 13.8. The second-order valence-corrected chi connectivity index (χ2v) is 5.92. The summed E-state index contributed by atoms with van der Waals surface area (Å²) in [6.07, 6.45) is 2.52. The summed E-state index contributed by atoms with van der Waals surface area (Å²) in [7, 11) is 0. The number of carbonyl (C=O) groups excluding carboxylic acids is 2. The Hall–Kier alpha value is -2.44. The van der Waals surface area contributed by atoms with E-state index in [1.807, 2.05) is 6.92 Å². The van der Waals surface area contributed by atoms with Crippen molar-refractivity contribution in [1.29, 1.82) is 0 Å². The number of amides is 2. The van der Waals surface area contributed by atoms with Crippen LogP contribution in [0.5, 0.6) is 0 Å². The number of carboxylic acids is 1. The van der Waals surface area contributed by atoms with Crippen molar-refractivity contribution in [3.63, 3.8) is 0 Å². The van der Waals surface area contributed by atoms with Crippen molar-refractivity contribution in [3.8, 4) is 0 Å². The Labute approximate surface area is 139 Å². The van der Waals surface area contributed by atoms with Crippen LogP contribution in [0, 0.1) is 11.7 Å². The zero-order valence-electron chi connectivity index (χ0n) is 13.5. The van der Waals surface area contributed by atoms with Crippen LogP contribution in [0.15, 0.2) is 18.2 Å². The molecule has 1 aromatic rings. The van der Waals surface area contributed by atoms with Gasteiger partial charge in [-0.2, -0.15) is 0 Å². The van der Waals surface area contributed by atoms with E-state index in [0.717, 1.165) is 24.6 Å². The van der Waals surface area contributed by atoms with Crippen LogP contribution in [0.4, 0.5) is 10.1 Å². The van der Waals surface area contributed by atoms with Gasteiger partial charge in [0.2, 0.25) is 11.8 Å². The lowest BCUT2D eigenvalue weighted by Gasteiger charge is -2.32. The fourth-order valence-corrected chi connectivity index (χ4v) is 2.78. The molecule has 0 aromatic heterocycles. The number of nitrogens with one attached hydrogen (secondary N) is 1. The molecule has 130 valence electrons. The molecule has 1 saturated heterocycles. The van der Waals surface area contributed by atoms with E-state index in [2.05, 4.69) is 5.32 Å². The summed E-state index contributed by atoms with van der Waals surface area (Å²) in [4.78, 5) is 37.0. The van der Waals surface area contributed by atoms with E-state index >= 15 is 0 Å². The predicted octanol–water partition coefficient (Wildman–Crippen LogP) is 2.50. The first kappa shape index (κ1) is 17.9. The number of halogens is 1. The molecule has 6 nitrogen and oxygen atoms in total. The normalized spacial score (nSPS) is 17.4. The van der Waals surface area contributed by atoms with Gasteiger partial charge in [-0.3, -0.25) is 9.59 Å². The minimum absolute atomic E-state index is 0.0223. The van der Waals surface area contributed by atoms with Crippen LogP contribution in [0.2, 0.25) is 0 Å². The van der Waals surface area contributed by atoms with Gasteiger partial charge in [0, 0.05) is 19.5 Å². The molecule has 0 spiro atoms. The Balaban J connectivity index is 2.05. The summed E-state index contributed by atoms with van der Waals surface area (Å²) < 4.78 is 13.8. The first-order valence-corrected chi connectivity index (χ1v) is 8.03. The van der Waals surface area contributed by atoms with E-state index in [4.69, 9.17) is 5.11 Å². The molecule has 24 heavy (non-hydrogen) atoms. The third kappa shape index (κ3) is 4.31.